The van der Waals surface area contributed by atoms with E-state index in [0.29, 0.717) is 18.1 Å². The van der Waals surface area contributed by atoms with Crippen molar-refractivity contribution in [2.24, 2.45) is 22.7 Å². The molecule has 1 aromatic carbocycles. The highest BCUT2D eigenvalue weighted by molar-refractivity contribution is 7.91. The van der Waals surface area contributed by atoms with Gasteiger partial charge in [0.15, 0.2) is 15.8 Å². The molecule has 0 radical (unpaired) electrons. The standard InChI is InChI=1S/C21H31N3O2S/c1-16(18-5-3-2-4-6-18)23-21(22-13-17-10-12-27(25,26)15-17)24-11-9-20(14-24)19-7-8-19/h2-6,16-17,19-20H,7-15H2,1H3,(H,22,23). The first-order valence-electron chi connectivity index (χ1n) is 10.3. The molecule has 5 nitrogen and oxygen atoms in total. The third-order valence-electron chi connectivity index (χ3n) is 6.28. The van der Waals surface area contributed by atoms with Crippen LogP contribution in [0.4, 0.5) is 0 Å². The average Bonchev–Trinajstić information content (AvgIpc) is 3.29. The largest absolute Gasteiger partial charge is 0.350 e. The first-order valence-corrected chi connectivity index (χ1v) is 12.1. The number of hydrogen-bond acceptors (Lipinski definition) is 3. The molecule has 3 fully saturated rings. The number of guanidine groups is 1. The van der Waals surface area contributed by atoms with Crippen molar-refractivity contribution >= 4 is 15.8 Å². The summed E-state index contributed by atoms with van der Waals surface area (Å²) in [5, 5.41) is 3.63. The van der Waals surface area contributed by atoms with E-state index in [1.165, 1.54) is 24.8 Å². The molecular formula is C21H31N3O2S. The fraction of sp³-hybridized carbons (Fsp3) is 0.667. The lowest BCUT2D eigenvalue weighted by molar-refractivity contribution is 0.427. The van der Waals surface area contributed by atoms with Gasteiger partial charge in [0, 0.05) is 19.6 Å². The Labute approximate surface area is 163 Å². The van der Waals surface area contributed by atoms with E-state index in [0.717, 1.165) is 37.3 Å². The van der Waals surface area contributed by atoms with Gasteiger partial charge < -0.3 is 10.2 Å². The van der Waals surface area contributed by atoms with Crippen LogP contribution >= 0.6 is 0 Å². The number of nitrogens with one attached hydrogen (secondary N) is 1. The van der Waals surface area contributed by atoms with E-state index in [9.17, 15) is 8.42 Å². The molecule has 0 aromatic heterocycles. The van der Waals surface area contributed by atoms with Gasteiger partial charge in [-0.25, -0.2) is 8.42 Å². The summed E-state index contributed by atoms with van der Waals surface area (Å²) in [4.78, 5) is 7.29. The fourth-order valence-electron chi connectivity index (χ4n) is 4.42. The maximum Gasteiger partial charge on any atom is 0.194 e. The van der Waals surface area contributed by atoms with E-state index in [1.54, 1.807) is 0 Å². The van der Waals surface area contributed by atoms with Crippen LogP contribution in [-0.4, -0.2) is 50.4 Å². The molecule has 1 aromatic rings. The topological polar surface area (TPSA) is 61.8 Å². The van der Waals surface area contributed by atoms with Gasteiger partial charge in [-0.1, -0.05) is 30.3 Å². The predicted molar refractivity (Wildman–Crippen MR) is 109 cm³/mol. The Morgan fingerprint density at radius 1 is 1.19 bits per heavy atom. The van der Waals surface area contributed by atoms with Gasteiger partial charge in [-0.2, -0.15) is 0 Å². The zero-order chi connectivity index (χ0) is 18.9. The third kappa shape index (κ3) is 4.84. The highest BCUT2D eigenvalue weighted by atomic mass is 32.2. The van der Waals surface area contributed by atoms with Crippen LogP contribution in [0.1, 0.15) is 44.2 Å². The Bertz CT molecular complexity index is 774. The van der Waals surface area contributed by atoms with Crippen LogP contribution in [0.15, 0.2) is 35.3 Å². The molecule has 3 atom stereocenters. The van der Waals surface area contributed by atoms with E-state index < -0.39 is 9.84 Å². The van der Waals surface area contributed by atoms with E-state index in [-0.39, 0.29) is 12.0 Å². The number of sulfone groups is 1. The van der Waals surface area contributed by atoms with E-state index in [4.69, 9.17) is 4.99 Å². The third-order valence-corrected chi connectivity index (χ3v) is 8.12. The van der Waals surface area contributed by atoms with Crippen LogP contribution in [0.25, 0.3) is 0 Å². The Morgan fingerprint density at radius 3 is 2.63 bits per heavy atom. The molecule has 0 spiro atoms. The minimum absolute atomic E-state index is 0.167. The monoisotopic (exact) mass is 389 g/mol. The molecule has 0 bridgehead atoms. The highest BCUT2D eigenvalue weighted by Gasteiger charge is 2.37. The predicted octanol–water partition coefficient (Wildman–Crippen LogP) is 2.86. The molecule has 0 amide bonds. The Kier molecular flexibility index (Phi) is 5.44. The smallest absolute Gasteiger partial charge is 0.194 e. The van der Waals surface area contributed by atoms with Gasteiger partial charge in [0.05, 0.1) is 17.5 Å². The lowest BCUT2D eigenvalue weighted by Gasteiger charge is -2.26. The van der Waals surface area contributed by atoms with E-state index >= 15 is 0 Å². The number of nitrogens with zero attached hydrogens (tertiary/aromatic N) is 2. The van der Waals surface area contributed by atoms with Crippen LogP contribution in [0.5, 0.6) is 0 Å². The molecule has 2 saturated heterocycles. The van der Waals surface area contributed by atoms with Gasteiger partial charge in [0.25, 0.3) is 0 Å². The molecule has 1 aliphatic carbocycles. The second-order valence-corrected chi connectivity index (χ2v) is 10.8. The maximum absolute atomic E-state index is 11.8. The summed E-state index contributed by atoms with van der Waals surface area (Å²) in [7, 11) is -2.84. The second-order valence-electron chi connectivity index (χ2n) is 8.54. The highest BCUT2D eigenvalue weighted by Crippen LogP contribution is 2.41. The van der Waals surface area contributed by atoms with Crippen molar-refractivity contribution in [3.05, 3.63) is 35.9 Å². The number of likely N-dealkylation sites (tertiary alicyclic amines) is 1. The van der Waals surface area contributed by atoms with Gasteiger partial charge in [-0.3, -0.25) is 4.99 Å². The molecule has 3 aliphatic rings. The van der Waals surface area contributed by atoms with Crippen molar-refractivity contribution in [1.29, 1.82) is 0 Å². The quantitative estimate of drug-likeness (QED) is 0.621. The second kappa shape index (κ2) is 7.82. The summed E-state index contributed by atoms with van der Waals surface area (Å²) in [6.45, 7) is 4.91. The molecular weight excluding hydrogens is 358 g/mol. The van der Waals surface area contributed by atoms with Gasteiger partial charge >= 0.3 is 0 Å². The molecule has 2 heterocycles. The SMILES string of the molecule is CC(NC(=NCC1CCS(=O)(=O)C1)N1CCC(C2CC2)C1)c1ccccc1. The van der Waals surface area contributed by atoms with Crippen molar-refractivity contribution in [3.63, 3.8) is 0 Å². The summed E-state index contributed by atoms with van der Waals surface area (Å²) in [5.41, 5.74) is 1.24. The fourth-order valence-corrected chi connectivity index (χ4v) is 6.27. The van der Waals surface area contributed by atoms with Crippen LogP contribution < -0.4 is 5.32 Å². The molecule has 4 rings (SSSR count). The summed E-state index contributed by atoms with van der Waals surface area (Å²) in [6, 6.07) is 10.6. The minimum Gasteiger partial charge on any atom is -0.350 e. The first kappa shape index (κ1) is 18.8. The van der Waals surface area contributed by atoms with Crippen molar-refractivity contribution < 1.29 is 8.42 Å². The first-order chi connectivity index (χ1) is 13.0. The van der Waals surface area contributed by atoms with Gasteiger partial charge in [-0.05, 0) is 55.9 Å². The van der Waals surface area contributed by atoms with Crippen molar-refractivity contribution in [3.8, 4) is 0 Å². The number of hydrogen-bond donors (Lipinski definition) is 1. The molecule has 1 N–H and O–H groups in total. The zero-order valence-corrected chi connectivity index (χ0v) is 17.0. The Morgan fingerprint density at radius 2 is 1.96 bits per heavy atom. The van der Waals surface area contributed by atoms with Crippen molar-refractivity contribution in [1.82, 2.24) is 10.2 Å². The molecule has 1 saturated carbocycles. The normalized spacial score (nSPS) is 29.1. The summed E-state index contributed by atoms with van der Waals surface area (Å²) < 4.78 is 23.5. The summed E-state index contributed by atoms with van der Waals surface area (Å²) in [5.74, 6) is 3.46. The molecule has 6 heteroatoms. The average molecular weight is 390 g/mol. The van der Waals surface area contributed by atoms with Gasteiger partial charge in [0.1, 0.15) is 0 Å². The molecule has 2 aliphatic heterocycles. The Hall–Kier alpha value is -1.56. The van der Waals surface area contributed by atoms with E-state index in [2.05, 4.69) is 41.4 Å². The van der Waals surface area contributed by atoms with Gasteiger partial charge in [0.2, 0.25) is 0 Å². The molecule has 3 unspecified atom stereocenters. The number of aliphatic imine (C=N–C) groups is 1. The minimum atomic E-state index is -2.84. The van der Waals surface area contributed by atoms with Crippen LogP contribution in [0.2, 0.25) is 0 Å². The van der Waals surface area contributed by atoms with Crippen LogP contribution in [-0.2, 0) is 9.84 Å². The van der Waals surface area contributed by atoms with Crippen LogP contribution in [0.3, 0.4) is 0 Å². The lowest BCUT2D eigenvalue weighted by atomic mass is 10.0. The lowest BCUT2D eigenvalue weighted by Crippen LogP contribution is -2.41. The maximum atomic E-state index is 11.8. The van der Waals surface area contributed by atoms with Gasteiger partial charge in [-0.15, -0.1) is 0 Å². The zero-order valence-electron chi connectivity index (χ0n) is 16.2. The van der Waals surface area contributed by atoms with E-state index in [1.807, 2.05) is 6.07 Å². The number of benzene rings is 1. The molecule has 148 valence electrons. The Balaban J connectivity index is 1.45. The number of rotatable bonds is 5. The van der Waals surface area contributed by atoms with Crippen LogP contribution in [0, 0.1) is 17.8 Å². The van der Waals surface area contributed by atoms with Crippen molar-refractivity contribution in [2.75, 3.05) is 31.1 Å². The summed E-state index contributed by atoms with van der Waals surface area (Å²) >= 11 is 0. The summed E-state index contributed by atoms with van der Waals surface area (Å²) in [6.07, 6.45) is 4.78. The molecule has 27 heavy (non-hydrogen) atoms. The van der Waals surface area contributed by atoms with Crippen molar-refractivity contribution in [2.45, 2.75) is 38.6 Å².